The van der Waals surface area contributed by atoms with Gasteiger partial charge in [-0.05, 0) is 34.6 Å². The van der Waals surface area contributed by atoms with Crippen LogP contribution in [0.25, 0.3) is 0 Å². The van der Waals surface area contributed by atoms with Gasteiger partial charge in [0.05, 0.1) is 23.0 Å². The van der Waals surface area contributed by atoms with Crippen LogP contribution in [0.4, 0.5) is 0 Å². The fraction of sp³-hybridized carbons (Fsp3) is 0.714. The van der Waals surface area contributed by atoms with Crippen LogP contribution >= 0.6 is 0 Å². The quantitative estimate of drug-likeness (QED) is 0.776. The lowest BCUT2D eigenvalue weighted by atomic mass is 10.0. The van der Waals surface area contributed by atoms with E-state index in [-0.39, 0.29) is 17.6 Å². The first kappa shape index (κ1) is 14.1. The lowest BCUT2D eigenvalue weighted by Crippen LogP contribution is -2.53. The second-order valence-corrected chi connectivity index (χ2v) is 6.04. The molecular formula is C14H23N3O2. The van der Waals surface area contributed by atoms with E-state index in [1.54, 1.807) is 4.68 Å². The molecule has 0 unspecified atom stereocenters. The lowest BCUT2D eigenvalue weighted by Gasteiger charge is -2.41. The molecule has 1 aliphatic heterocycles. The fourth-order valence-electron chi connectivity index (χ4n) is 2.85. The Morgan fingerprint density at radius 1 is 1.42 bits per heavy atom. The summed E-state index contributed by atoms with van der Waals surface area (Å²) in [7, 11) is 1.87. The van der Waals surface area contributed by atoms with Crippen molar-refractivity contribution in [1.29, 1.82) is 0 Å². The number of carbonyl (C=O) groups is 1. The van der Waals surface area contributed by atoms with Crippen LogP contribution < -0.4 is 0 Å². The van der Waals surface area contributed by atoms with Gasteiger partial charge in [0, 0.05) is 25.8 Å². The highest BCUT2D eigenvalue weighted by Crippen LogP contribution is 2.24. The molecule has 2 heterocycles. The molecule has 1 aromatic heterocycles. The van der Waals surface area contributed by atoms with Crippen LogP contribution in [-0.2, 0) is 11.8 Å². The van der Waals surface area contributed by atoms with Crippen molar-refractivity contribution in [3.63, 3.8) is 0 Å². The van der Waals surface area contributed by atoms with Crippen molar-refractivity contribution >= 4 is 5.91 Å². The van der Waals surface area contributed by atoms with Gasteiger partial charge in [0.1, 0.15) is 0 Å². The standard InChI is InChI=1S/C14H23N3O2/c1-9-7-17(8-14(4,5)19-9)13(18)12-10(2)15-16(6)11(12)3/h9H,7-8H2,1-6H3/t9-/m1/s1. The molecule has 1 fully saturated rings. The van der Waals surface area contributed by atoms with Gasteiger partial charge < -0.3 is 9.64 Å². The number of aromatic nitrogens is 2. The topological polar surface area (TPSA) is 47.4 Å². The molecule has 0 radical (unpaired) electrons. The summed E-state index contributed by atoms with van der Waals surface area (Å²) in [5.74, 6) is 0.0614. The van der Waals surface area contributed by atoms with Crippen LogP contribution in [0.1, 0.15) is 42.5 Å². The van der Waals surface area contributed by atoms with Crippen LogP contribution in [0.3, 0.4) is 0 Å². The molecule has 0 saturated carbocycles. The summed E-state index contributed by atoms with van der Waals surface area (Å²) in [5, 5.41) is 4.32. The van der Waals surface area contributed by atoms with Gasteiger partial charge in [-0.1, -0.05) is 0 Å². The first-order valence-electron chi connectivity index (χ1n) is 6.68. The highest BCUT2D eigenvalue weighted by Gasteiger charge is 2.35. The zero-order chi connectivity index (χ0) is 14.4. The monoisotopic (exact) mass is 265 g/mol. The molecule has 0 aromatic carbocycles. The third kappa shape index (κ3) is 2.66. The Labute approximate surface area is 114 Å². The average Bonchev–Trinajstić information content (AvgIpc) is 2.49. The Morgan fingerprint density at radius 3 is 2.53 bits per heavy atom. The number of morpholine rings is 1. The predicted octanol–water partition coefficient (Wildman–Crippen LogP) is 1.68. The van der Waals surface area contributed by atoms with Crippen LogP contribution in [0, 0.1) is 13.8 Å². The summed E-state index contributed by atoms with van der Waals surface area (Å²) in [6.45, 7) is 11.1. The highest BCUT2D eigenvalue weighted by molar-refractivity contribution is 5.96. The zero-order valence-corrected chi connectivity index (χ0v) is 12.6. The maximum Gasteiger partial charge on any atom is 0.257 e. The van der Waals surface area contributed by atoms with E-state index in [0.29, 0.717) is 13.1 Å². The highest BCUT2D eigenvalue weighted by atomic mass is 16.5. The zero-order valence-electron chi connectivity index (χ0n) is 12.6. The van der Waals surface area contributed by atoms with Gasteiger partial charge in [0.25, 0.3) is 5.91 Å². The van der Waals surface area contributed by atoms with E-state index in [1.807, 2.05) is 46.6 Å². The summed E-state index contributed by atoms with van der Waals surface area (Å²) in [6.07, 6.45) is 0.0602. The molecule has 1 amide bonds. The molecule has 0 aliphatic carbocycles. The van der Waals surface area contributed by atoms with E-state index >= 15 is 0 Å². The first-order chi connectivity index (χ1) is 8.71. The third-order valence-electron chi connectivity index (χ3n) is 3.58. The molecule has 2 rings (SSSR count). The van der Waals surface area contributed by atoms with Crippen LogP contribution in [-0.4, -0.2) is 45.4 Å². The molecule has 106 valence electrons. The number of hydrogen-bond acceptors (Lipinski definition) is 3. The van der Waals surface area contributed by atoms with Gasteiger partial charge in [-0.2, -0.15) is 5.10 Å². The lowest BCUT2D eigenvalue weighted by molar-refractivity contribution is -0.118. The fourth-order valence-corrected chi connectivity index (χ4v) is 2.85. The average molecular weight is 265 g/mol. The van der Waals surface area contributed by atoms with E-state index in [2.05, 4.69) is 5.10 Å². The number of carbonyl (C=O) groups excluding carboxylic acids is 1. The summed E-state index contributed by atoms with van der Waals surface area (Å²) in [4.78, 5) is 14.6. The molecule has 1 aliphatic rings. The molecule has 5 nitrogen and oxygen atoms in total. The number of nitrogens with zero attached hydrogens (tertiary/aromatic N) is 3. The summed E-state index contributed by atoms with van der Waals surface area (Å²) >= 11 is 0. The Morgan fingerprint density at radius 2 is 2.05 bits per heavy atom. The minimum absolute atomic E-state index is 0.0602. The summed E-state index contributed by atoms with van der Waals surface area (Å²) in [6, 6.07) is 0. The van der Waals surface area contributed by atoms with Crippen LogP contribution in [0.2, 0.25) is 0 Å². The van der Waals surface area contributed by atoms with Crippen molar-refractivity contribution in [1.82, 2.24) is 14.7 Å². The van der Waals surface area contributed by atoms with E-state index in [1.165, 1.54) is 0 Å². The number of aryl methyl sites for hydroxylation is 2. The van der Waals surface area contributed by atoms with Crippen molar-refractivity contribution in [2.75, 3.05) is 13.1 Å². The Balaban J connectivity index is 2.29. The molecule has 1 saturated heterocycles. The van der Waals surface area contributed by atoms with E-state index in [0.717, 1.165) is 17.0 Å². The van der Waals surface area contributed by atoms with Crippen molar-refractivity contribution < 1.29 is 9.53 Å². The number of amides is 1. The normalized spacial score (nSPS) is 22.6. The van der Waals surface area contributed by atoms with Crippen LogP contribution in [0.15, 0.2) is 0 Å². The Hall–Kier alpha value is -1.36. The molecule has 1 atom stereocenters. The van der Waals surface area contributed by atoms with Gasteiger partial charge in [-0.15, -0.1) is 0 Å². The molecule has 0 N–H and O–H groups in total. The summed E-state index contributed by atoms with van der Waals surface area (Å²) in [5.41, 5.74) is 2.14. The second-order valence-electron chi connectivity index (χ2n) is 6.04. The van der Waals surface area contributed by atoms with Gasteiger partial charge in [-0.3, -0.25) is 9.48 Å². The van der Waals surface area contributed by atoms with E-state index < -0.39 is 0 Å². The first-order valence-corrected chi connectivity index (χ1v) is 6.68. The number of rotatable bonds is 1. The molecule has 0 bridgehead atoms. The van der Waals surface area contributed by atoms with Gasteiger partial charge in [0.15, 0.2) is 0 Å². The van der Waals surface area contributed by atoms with Crippen molar-refractivity contribution in [2.45, 2.75) is 46.3 Å². The SMILES string of the molecule is Cc1nn(C)c(C)c1C(=O)N1C[C@@H](C)OC(C)(C)C1. The largest absolute Gasteiger partial charge is 0.369 e. The third-order valence-corrected chi connectivity index (χ3v) is 3.58. The molecule has 5 heteroatoms. The molecular weight excluding hydrogens is 242 g/mol. The minimum Gasteiger partial charge on any atom is -0.369 e. The molecule has 19 heavy (non-hydrogen) atoms. The predicted molar refractivity (Wildman–Crippen MR) is 73.2 cm³/mol. The van der Waals surface area contributed by atoms with E-state index in [9.17, 15) is 4.79 Å². The molecule has 1 aromatic rings. The van der Waals surface area contributed by atoms with E-state index in [4.69, 9.17) is 4.74 Å². The minimum atomic E-state index is -0.294. The Bertz CT molecular complexity index is 505. The van der Waals surface area contributed by atoms with Crippen molar-refractivity contribution in [2.24, 2.45) is 7.05 Å². The van der Waals surface area contributed by atoms with Gasteiger partial charge in [-0.25, -0.2) is 0 Å². The number of ether oxygens (including phenoxy) is 1. The second kappa shape index (κ2) is 4.63. The van der Waals surface area contributed by atoms with Gasteiger partial charge >= 0.3 is 0 Å². The van der Waals surface area contributed by atoms with Gasteiger partial charge in [0.2, 0.25) is 0 Å². The number of hydrogen-bond donors (Lipinski definition) is 0. The maximum atomic E-state index is 12.7. The van der Waals surface area contributed by atoms with Crippen LogP contribution in [0.5, 0.6) is 0 Å². The maximum absolute atomic E-state index is 12.7. The molecule has 0 spiro atoms. The van der Waals surface area contributed by atoms with Crippen molar-refractivity contribution in [3.05, 3.63) is 17.0 Å². The van der Waals surface area contributed by atoms with Crippen molar-refractivity contribution in [3.8, 4) is 0 Å². The smallest absolute Gasteiger partial charge is 0.257 e. The Kier molecular flexibility index (Phi) is 3.43. The summed E-state index contributed by atoms with van der Waals surface area (Å²) < 4.78 is 7.60.